The van der Waals surface area contributed by atoms with Crippen LogP contribution >= 0.6 is 0 Å². The zero-order valence-electron chi connectivity index (χ0n) is 19.4. The lowest BCUT2D eigenvalue weighted by molar-refractivity contribution is -0.134. The van der Waals surface area contributed by atoms with Gasteiger partial charge in [-0.25, -0.2) is 14.4 Å². The first-order valence-electron chi connectivity index (χ1n) is 10.4. The molecule has 0 atom stereocenters. The number of rotatable bonds is 11. The molecule has 0 N–H and O–H groups in total. The van der Waals surface area contributed by atoms with Crippen LogP contribution in [0.3, 0.4) is 0 Å². The van der Waals surface area contributed by atoms with E-state index in [0.717, 1.165) is 18.2 Å². The third-order valence-corrected chi connectivity index (χ3v) is 4.22. The Morgan fingerprint density at radius 2 is 1.28 bits per heavy atom. The van der Waals surface area contributed by atoms with E-state index >= 15 is 0 Å². The van der Waals surface area contributed by atoms with Crippen molar-refractivity contribution in [1.29, 1.82) is 0 Å². The third kappa shape index (κ3) is 8.07. The van der Waals surface area contributed by atoms with Crippen LogP contribution in [-0.2, 0) is 19.2 Å². The second-order valence-corrected chi connectivity index (χ2v) is 6.80. The van der Waals surface area contributed by atoms with Crippen LogP contribution in [0, 0.1) is 0 Å². The van der Waals surface area contributed by atoms with Crippen LogP contribution in [-0.4, -0.2) is 29.7 Å². The van der Waals surface area contributed by atoms with Crippen molar-refractivity contribution in [2.45, 2.75) is 13.3 Å². The van der Waals surface area contributed by atoms with E-state index in [1.807, 2.05) is 0 Å². The van der Waals surface area contributed by atoms with Crippen molar-refractivity contribution in [2.75, 3.05) is 0 Å². The van der Waals surface area contributed by atoms with E-state index in [-0.39, 0.29) is 35.0 Å². The molecule has 0 saturated carbocycles. The lowest BCUT2D eigenvalue weighted by atomic mass is 10.1. The minimum Gasteiger partial charge on any atom is -0.426 e. The summed E-state index contributed by atoms with van der Waals surface area (Å²) in [4.78, 5) is 59.2. The molecule has 0 fully saturated rings. The Kier molecular flexibility index (Phi) is 9.82. The van der Waals surface area contributed by atoms with Gasteiger partial charge in [-0.05, 0) is 42.0 Å². The lowest BCUT2D eigenvalue weighted by Gasteiger charge is -2.10. The van der Waals surface area contributed by atoms with Crippen LogP contribution in [0.5, 0.6) is 23.0 Å². The number of hydrogen-bond acceptors (Lipinski definition) is 9. The molecule has 0 unspecified atom stereocenters. The fourth-order valence-corrected chi connectivity index (χ4v) is 2.56. The Labute approximate surface area is 206 Å². The van der Waals surface area contributed by atoms with Gasteiger partial charge >= 0.3 is 23.9 Å². The first-order valence-corrected chi connectivity index (χ1v) is 10.4. The van der Waals surface area contributed by atoms with Crippen LogP contribution in [0.25, 0.3) is 6.08 Å². The summed E-state index contributed by atoms with van der Waals surface area (Å²) in [5, 5.41) is 0. The van der Waals surface area contributed by atoms with Crippen LogP contribution in [0.2, 0.25) is 0 Å². The van der Waals surface area contributed by atoms with Crippen LogP contribution in [0.4, 0.5) is 0 Å². The highest BCUT2D eigenvalue weighted by molar-refractivity contribution is 6.07. The first kappa shape index (κ1) is 27.2. The molecule has 0 saturated heterocycles. The summed E-state index contributed by atoms with van der Waals surface area (Å²) in [6, 6.07) is 8.13. The average Bonchev–Trinajstić information content (AvgIpc) is 2.87. The number of esters is 4. The molecule has 2 aromatic carbocycles. The summed E-state index contributed by atoms with van der Waals surface area (Å²) in [5.74, 6) is -3.46. The summed E-state index contributed by atoms with van der Waals surface area (Å²) in [7, 11) is 0. The van der Waals surface area contributed by atoms with E-state index in [2.05, 4.69) is 19.7 Å². The summed E-state index contributed by atoms with van der Waals surface area (Å²) < 4.78 is 20.4. The van der Waals surface area contributed by atoms with Gasteiger partial charge < -0.3 is 18.9 Å². The Morgan fingerprint density at radius 1 is 0.722 bits per heavy atom. The molecule has 0 amide bonds. The van der Waals surface area contributed by atoms with Gasteiger partial charge in [0.25, 0.3) is 0 Å². The Balaban J connectivity index is 2.37. The number of ether oxygens (including phenoxy) is 4. The molecule has 184 valence electrons. The SMILES string of the molecule is C=CC(=O)Oc1cc(/C=C/C(=O)c2ccc(OC(=O)C=C)c(OC(=O)C=C)c2)cc(OC(=O)CC)c1. The van der Waals surface area contributed by atoms with Gasteiger partial charge in [0.2, 0.25) is 0 Å². The highest BCUT2D eigenvalue weighted by atomic mass is 16.6. The number of hydrogen-bond donors (Lipinski definition) is 0. The minimum atomic E-state index is -0.828. The second kappa shape index (κ2) is 13.0. The second-order valence-electron chi connectivity index (χ2n) is 6.80. The van der Waals surface area contributed by atoms with Gasteiger partial charge in [0.1, 0.15) is 11.5 Å². The first-order chi connectivity index (χ1) is 17.2. The third-order valence-electron chi connectivity index (χ3n) is 4.22. The molecule has 0 aromatic heterocycles. The van der Waals surface area contributed by atoms with Gasteiger partial charge in [0.05, 0.1) is 0 Å². The van der Waals surface area contributed by atoms with Crippen LogP contribution in [0.15, 0.2) is 80.4 Å². The van der Waals surface area contributed by atoms with Crippen molar-refractivity contribution in [3.63, 3.8) is 0 Å². The van der Waals surface area contributed by atoms with Crippen molar-refractivity contribution < 1.29 is 42.9 Å². The van der Waals surface area contributed by atoms with E-state index in [1.165, 1.54) is 48.6 Å². The number of ketones is 1. The molecule has 9 heteroatoms. The maximum Gasteiger partial charge on any atom is 0.335 e. The van der Waals surface area contributed by atoms with Gasteiger partial charge in [-0.3, -0.25) is 9.59 Å². The number of carbonyl (C=O) groups is 5. The van der Waals surface area contributed by atoms with Gasteiger partial charge in [-0.15, -0.1) is 0 Å². The smallest absolute Gasteiger partial charge is 0.335 e. The fraction of sp³-hybridized carbons (Fsp3) is 0.0741. The normalized spacial score (nSPS) is 10.1. The molecule has 0 heterocycles. The molecular formula is C27H22O9. The van der Waals surface area contributed by atoms with Gasteiger partial charge in [0.15, 0.2) is 17.3 Å². The average molecular weight is 490 g/mol. The van der Waals surface area contributed by atoms with E-state index in [9.17, 15) is 24.0 Å². The Morgan fingerprint density at radius 3 is 1.86 bits per heavy atom. The molecule has 0 spiro atoms. The molecular weight excluding hydrogens is 468 g/mol. The van der Waals surface area contributed by atoms with Crippen molar-refractivity contribution in [1.82, 2.24) is 0 Å². The van der Waals surface area contributed by atoms with Gasteiger partial charge in [-0.1, -0.05) is 32.7 Å². The highest BCUT2D eigenvalue weighted by Crippen LogP contribution is 2.30. The quantitative estimate of drug-likeness (QED) is 0.198. The topological polar surface area (TPSA) is 122 Å². The van der Waals surface area contributed by atoms with E-state index < -0.39 is 29.7 Å². The number of carbonyl (C=O) groups excluding carboxylic acids is 5. The molecule has 2 rings (SSSR count). The lowest BCUT2D eigenvalue weighted by Crippen LogP contribution is -2.09. The maximum absolute atomic E-state index is 12.8. The number of benzene rings is 2. The number of allylic oxidation sites excluding steroid dienone is 1. The van der Waals surface area contributed by atoms with E-state index in [1.54, 1.807) is 6.92 Å². The molecule has 36 heavy (non-hydrogen) atoms. The zero-order valence-corrected chi connectivity index (χ0v) is 19.4. The van der Waals surface area contributed by atoms with Crippen molar-refractivity contribution in [2.24, 2.45) is 0 Å². The van der Waals surface area contributed by atoms with Crippen LogP contribution in [0.1, 0.15) is 29.3 Å². The predicted octanol–water partition coefficient (Wildman–Crippen LogP) is 4.17. The van der Waals surface area contributed by atoms with E-state index in [0.29, 0.717) is 5.56 Å². The van der Waals surface area contributed by atoms with Crippen molar-refractivity contribution in [3.05, 3.63) is 91.6 Å². The summed E-state index contributed by atoms with van der Waals surface area (Å²) in [6.07, 6.45) is 5.52. The van der Waals surface area contributed by atoms with Crippen LogP contribution < -0.4 is 18.9 Å². The highest BCUT2D eigenvalue weighted by Gasteiger charge is 2.15. The molecule has 0 aliphatic carbocycles. The van der Waals surface area contributed by atoms with Gasteiger partial charge in [0, 0.05) is 36.3 Å². The molecule has 0 aliphatic rings. The summed E-state index contributed by atoms with van der Waals surface area (Å²) >= 11 is 0. The predicted molar refractivity (Wildman–Crippen MR) is 130 cm³/mol. The zero-order chi connectivity index (χ0) is 26.7. The molecule has 9 nitrogen and oxygen atoms in total. The van der Waals surface area contributed by atoms with E-state index in [4.69, 9.17) is 18.9 Å². The molecule has 0 bridgehead atoms. The molecule has 2 aromatic rings. The Bertz CT molecular complexity index is 1270. The molecule has 0 radical (unpaired) electrons. The van der Waals surface area contributed by atoms with Crippen molar-refractivity contribution >= 4 is 35.7 Å². The Hall–Kier alpha value is -5.05. The van der Waals surface area contributed by atoms with Crippen molar-refractivity contribution in [3.8, 4) is 23.0 Å². The largest absolute Gasteiger partial charge is 0.426 e. The monoisotopic (exact) mass is 490 g/mol. The minimum absolute atomic E-state index is 0.0698. The molecule has 0 aliphatic heterocycles. The maximum atomic E-state index is 12.8. The summed E-state index contributed by atoms with van der Waals surface area (Å²) in [6.45, 7) is 11.5. The standard InChI is InChI=1S/C27H22O9/c1-5-24(29)33-19-13-17(14-20(16-19)34-25(30)6-2)9-11-21(28)18-10-12-22(35-26(31)7-3)23(15-18)36-27(32)8-4/h5,7-16H,1,3-4,6H2,2H3/b11-9+. The fourth-order valence-electron chi connectivity index (χ4n) is 2.56. The summed E-state index contributed by atoms with van der Waals surface area (Å²) in [5.41, 5.74) is 0.481. The van der Waals surface area contributed by atoms with Gasteiger partial charge in [-0.2, -0.15) is 0 Å².